The van der Waals surface area contributed by atoms with Gasteiger partial charge in [0.25, 0.3) is 0 Å². The number of aliphatic hydroxyl groups excluding tert-OH is 2. The van der Waals surface area contributed by atoms with Gasteiger partial charge in [-0.15, -0.1) is 13.2 Å². The Morgan fingerprint density at radius 1 is 0.812 bits per heavy atom. The number of ether oxygens (including phenoxy) is 2. The van der Waals surface area contributed by atoms with E-state index in [4.69, 9.17) is 10.2 Å². The van der Waals surface area contributed by atoms with Crippen LogP contribution < -0.4 is 0 Å². The van der Waals surface area contributed by atoms with Crippen molar-refractivity contribution in [2.45, 2.75) is 0 Å². The quantitative estimate of drug-likeness (QED) is 0.344. The van der Waals surface area contributed by atoms with Crippen molar-refractivity contribution in [3.05, 3.63) is 53.7 Å². The standard InChI is InChI=1S/2C4H7O.2CH3O.2Rf/c2*1-3-4-5-2;2*1-2;;/h2*3H,1-2,4H2;2*2H,1H2;;/q4*-1;;. The normalized spacial score (nSPS) is 5.38. The fourth-order valence-corrected chi connectivity index (χ4v) is 0.167. The second-order valence-electron chi connectivity index (χ2n) is 1.32. The van der Waals surface area contributed by atoms with E-state index in [0.29, 0.717) is 13.2 Å². The minimum absolute atomic E-state index is 0. The van der Waals surface area contributed by atoms with Crippen molar-refractivity contribution in [3.63, 3.8) is 0 Å². The molecule has 0 rings (SSSR count). The first-order chi connectivity index (χ1) is 6.83. The number of rotatable bonds is 4. The number of hydrogen-bond donors (Lipinski definition) is 2. The van der Waals surface area contributed by atoms with Crippen molar-refractivity contribution >= 4 is 0 Å². The Bertz CT molecular complexity index is 73.2. The molecule has 0 aromatic heterocycles. The Balaban J connectivity index is -0.0000000218. The zero-order valence-electron chi connectivity index (χ0n) is 9.94. The van der Waals surface area contributed by atoms with Crippen molar-refractivity contribution < 1.29 is 19.7 Å². The first kappa shape index (κ1) is 37.7. The van der Waals surface area contributed by atoms with Gasteiger partial charge < -0.3 is 19.7 Å². The summed E-state index contributed by atoms with van der Waals surface area (Å²) in [5.74, 6) is 0. The summed E-state index contributed by atoms with van der Waals surface area (Å²) in [4.78, 5) is 0. The second-order valence-corrected chi connectivity index (χ2v) is 1.32. The summed E-state index contributed by atoms with van der Waals surface area (Å²) in [6.07, 6.45) is 3.29. The zero-order chi connectivity index (χ0) is 12.2. The van der Waals surface area contributed by atoms with Gasteiger partial charge in [0.05, 0.1) is 0 Å². The van der Waals surface area contributed by atoms with E-state index in [9.17, 15) is 0 Å². The van der Waals surface area contributed by atoms with E-state index in [1.807, 2.05) is 0 Å². The van der Waals surface area contributed by atoms with Crippen molar-refractivity contribution in [3.8, 4) is 0 Å². The van der Waals surface area contributed by atoms with E-state index in [1.54, 1.807) is 12.2 Å². The summed E-state index contributed by atoms with van der Waals surface area (Å²) in [5.41, 5.74) is 0. The molecule has 0 aromatic rings. The second kappa shape index (κ2) is 143. The zero-order valence-corrected chi connectivity index (χ0v) is 22.7. The molecule has 0 aliphatic rings. The Kier molecular flexibility index (Phi) is 338. The van der Waals surface area contributed by atoms with Gasteiger partial charge in [-0.3, -0.25) is 0 Å². The molecule has 0 aliphatic heterocycles. The molecule has 0 atom stereocenters. The van der Waals surface area contributed by atoms with Crippen LogP contribution in [0, 0.1) is 28.4 Å². The molecule has 0 fully saturated rings. The monoisotopic (exact) mass is 738 g/mol. The van der Waals surface area contributed by atoms with Crippen molar-refractivity contribution in [1.82, 2.24) is 0 Å². The van der Waals surface area contributed by atoms with Crippen LogP contribution in [0.25, 0.3) is 0 Å². The third kappa shape index (κ3) is 692. The molecule has 0 spiro atoms. The largest absolute Gasteiger partial charge is 0.569 e. The summed E-state index contributed by atoms with van der Waals surface area (Å²) in [7, 11) is 10.7. The average molecular weight is 738 g/mol. The van der Waals surface area contributed by atoms with E-state index < -0.39 is 0 Å². The van der Waals surface area contributed by atoms with E-state index in [0.717, 1.165) is 0 Å². The molecule has 0 heterocycles. The molecule has 0 unspecified atom stereocenters. The van der Waals surface area contributed by atoms with E-state index in [2.05, 4.69) is 51.1 Å². The molecule has 0 amide bonds. The first-order valence-corrected chi connectivity index (χ1v) is 3.42. The van der Waals surface area contributed by atoms with E-state index in [1.165, 1.54) is 0 Å². The van der Waals surface area contributed by atoms with E-state index >= 15 is 0 Å². The predicted octanol–water partition coefficient (Wildman–Crippen LogP) is 2.26. The number of hydrogen-bond acceptors (Lipinski definition) is 4. The van der Waals surface area contributed by atoms with Gasteiger partial charge in [0, 0.05) is 13.2 Å². The van der Waals surface area contributed by atoms with Crippen LogP contribution in [0.2, 0.25) is 0 Å². The molecule has 16 heavy (non-hydrogen) atoms. The molecule has 0 saturated carbocycles. The average Bonchev–Trinajstić information content (AvgIpc) is 2.27. The fraction of sp³-hybridized carbons (Fsp3) is 0.200. The molecule has 0 aliphatic carbocycles. The molecular weight excluding hydrogens is 718 g/mol. The maximum Gasteiger partial charge on any atom is 0.0298 e. The van der Waals surface area contributed by atoms with Gasteiger partial charge in [-0.1, -0.05) is 12.2 Å². The summed E-state index contributed by atoms with van der Waals surface area (Å²) >= 11 is 0. The molecule has 92 valence electrons. The van der Waals surface area contributed by atoms with Gasteiger partial charge in [-0.25, -0.2) is 28.4 Å². The SMILES string of the molecule is C=CCO[CH2-].C=CCO[CH2-].[CH2-]O.[CH2-]O.[Rf].[Rf]. The van der Waals surface area contributed by atoms with Crippen LogP contribution in [0.3, 0.4) is 0 Å². The van der Waals surface area contributed by atoms with Crippen molar-refractivity contribution in [2.24, 2.45) is 0 Å². The van der Waals surface area contributed by atoms with Crippen LogP contribution >= 0.6 is 0 Å². The van der Waals surface area contributed by atoms with Crippen LogP contribution in [0.4, 0.5) is 0 Å². The predicted molar refractivity (Wildman–Crippen MR) is 57.6 cm³/mol. The van der Waals surface area contributed by atoms with Crippen LogP contribution in [0.1, 0.15) is 0 Å². The maximum absolute atomic E-state index is 6.75. The van der Waals surface area contributed by atoms with E-state index in [-0.39, 0.29) is 0 Å². The van der Waals surface area contributed by atoms with Gasteiger partial charge in [0.15, 0.2) is 0 Å². The Labute approximate surface area is 87.5 Å². The fourth-order valence-electron chi connectivity index (χ4n) is 0.167. The molecule has 0 aromatic carbocycles. The minimum Gasteiger partial charge on any atom is -0.569 e. The summed E-state index contributed by atoms with van der Waals surface area (Å²) in [5, 5.41) is 13.5. The molecule has 0 radical (unpaired) electrons. The summed E-state index contributed by atoms with van der Waals surface area (Å²) < 4.78 is 8.65. The smallest absolute Gasteiger partial charge is 0.0298 e. The summed E-state index contributed by atoms with van der Waals surface area (Å²) in [6.45, 7) is 7.85. The number of aliphatic hydroxyl groups is 2. The van der Waals surface area contributed by atoms with Gasteiger partial charge in [-0.05, 0) is 0 Å². The van der Waals surface area contributed by atoms with Crippen molar-refractivity contribution in [2.75, 3.05) is 13.2 Å². The Morgan fingerprint density at radius 3 is 1.00 bits per heavy atom. The van der Waals surface area contributed by atoms with Crippen molar-refractivity contribution in [1.29, 1.82) is 0 Å². The maximum atomic E-state index is 6.75. The molecule has 6 heteroatoms. The molecule has 4 nitrogen and oxygen atoms in total. The van der Waals surface area contributed by atoms with Gasteiger partial charge >= 0.3 is 0 Å². The Hall–Kier alpha value is -2.68. The van der Waals surface area contributed by atoms with Crippen LogP contribution in [-0.4, -0.2) is 23.4 Å². The van der Waals surface area contributed by atoms with Gasteiger partial charge in [-0.2, -0.15) is 0 Å². The van der Waals surface area contributed by atoms with Crippen LogP contribution in [0.15, 0.2) is 25.3 Å². The topological polar surface area (TPSA) is 58.9 Å². The first-order valence-electron chi connectivity index (χ1n) is 3.42. The summed E-state index contributed by atoms with van der Waals surface area (Å²) in [6, 6.07) is 0. The Morgan fingerprint density at radius 2 is 1.00 bits per heavy atom. The molecular formula is C10H20O4Rf2-4. The van der Waals surface area contributed by atoms with Gasteiger partial charge in [0.1, 0.15) is 0 Å². The van der Waals surface area contributed by atoms with Crippen LogP contribution in [0.5, 0.6) is 0 Å². The molecule has 2 N–H and O–H groups in total. The third-order valence-electron chi connectivity index (χ3n) is 0.471. The third-order valence-corrected chi connectivity index (χ3v) is 0.471. The molecule has 0 bridgehead atoms. The van der Waals surface area contributed by atoms with Gasteiger partial charge in [0.2, 0.25) is 0 Å². The molecule has 0 saturated heterocycles. The van der Waals surface area contributed by atoms with Crippen LogP contribution in [-0.2, 0) is 9.47 Å². The minimum atomic E-state index is 0.